The third kappa shape index (κ3) is 4.11. The van der Waals surface area contributed by atoms with E-state index in [1.807, 2.05) is 29.7 Å². The maximum Gasteiger partial charge on any atom is 0.234 e. The number of carbonyl (C=O) groups is 2. The molecule has 0 unspecified atom stereocenters. The Kier molecular flexibility index (Phi) is 5.60. The molecule has 1 aromatic carbocycles. The predicted molar refractivity (Wildman–Crippen MR) is 83.4 cm³/mol. The smallest absolute Gasteiger partial charge is 0.234 e. The lowest BCUT2D eigenvalue weighted by Gasteiger charge is -2.36. The van der Waals surface area contributed by atoms with E-state index in [2.05, 4.69) is 4.90 Å². The average molecular weight is 306 g/mol. The molecule has 1 aliphatic heterocycles. The molecular weight excluding hydrogens is 284 g/mol. The Bertz CT molecular complexity index is 510. The van der Waals surface area contributed by atoms with E-state index in [1.54, 1.807) is 12.0 Å². The van der Waals surface area contributed by atoms with E-state index in [9.17, 15) is 9.59 Å². The zero-order valence-corrected chi connectivity index (χ0v) is 12.7. The molecule has 0 spiro atoms. The highest BCUT2D eigenvalue weighted by atomic mass is 16.5. The van der Waals surface area contributed by atoms with Crippen LogP contribution in [0.25, 0.3) is 0 Å². The van der Waals surface area contributed by atoms with E-state index in [1.165, 1.54) is 0 Å². The van der Waals surface area contributed by atoms with Crippen LogP contribution in [0.15, 0.2) is 24.3 Å². The Morgan fingerprint density at radius 1 is 1.14 bits per heavy atom. The Labute approximate surface area is 130 Å². The molecule has 7 nitrogen and oxygen atoms in total. The number of ether oxygens (including phenoxy) is 1. The van der Waals surface area contributed by atoms with Crippen LogP contribution >= 0.6 is 0 Å². The van der Waals surface area contributed by atoms with Gasteiger partial charge < -0.3 is 14.5 Å². The zero-order chi connectivity index (χ0) is 15.9. The average Bonchev–Trinajstić information content (AvgIpc) is 2.59. The molecule has 120 valence electrons. The van der Waals surface area contributed by atoms with Gasteiger partial charge in [0.2, 0.25) is 11.8 Å². The minimum Gasteiger partial charge on any atom is -0.497 e. The van der Waals surface area contributed by atoms with E-state index >= 15 is 0 Å². The van der Waals surface area contributed by atoms with Crippen LogP contribution in [0, 0.1) is 0 Å². The first-order chi connectivity index (χ1) is 10.6. The molecule has 0 aromatic heterocycles. The summed E-state index contributed by atoms with van der Waals surface area (Å²) >= 11 is 0. The number of carbonyl (C=O) groups excluding carboxylic acids is 2. The fourth-order valence-corrected chi connectivity index (χ4v) is 2.46. The van der Waals surface area contributed by atoms with Gasteiger partial charge in [-0.1, -0.05) is 0 Å². The van der Waals surface area contributed by atoms with Crippen LogP contribution < -0.4 is 20.9 Å². The van der Waals surface area contributed by atoms with Crippen molar-refractivity contribution in [1.82, 2.24) is 10.3 Å². The van der Waals surface area contributed by atoms with Gasteiger partial charge in [-0.2, -0.15) is 0 Å². The quantitative estimate of drug-likeness (QED) is 0.458. The summed E-state index contributed by atoms with van der Waals surface area (Å²) in [6.07, 6.45) is 0.333. The zero-order valence-electron chi connectivity index (χ0n) is 12.7. The Morgan fingerprint density at radius 3 is 2.32 bits per heavy atom. The number of nitrogens with one attached hydrogen (secondary N) is 1. The van der Waals surface area contributed by atoms with Crippen LogP contribution in [0.4, 0.5) is 5.69 Å². The Balaban J connectivity index is 1.81. The molecule has 1 heterocycles. The second-order valence-electron chi connectivity index (χ2n) is 5.13. The summed E-state index contributed by atoms with van der Waals surface area (Å²) in [5, 5.41) is 0. The first-order valence-corrected chi connectivity index (χ1v) is 7.30. The first kappa shape index (κ1) is 16.1. The fraction of sp³-hybridized carbons (Fsp3) is 0.467. The van der Waals surface area contributed by atoms with Crippen LogP contribution in [0.1, 0.15) is 12.8 Å². The van der Waals surface area contributed by atoms with Gasteiger partial charge in [-0.25, -0.2) is 5.84 Å². The maximum absolute atomic E-state index is 12.0. The summed E-state index contributed by atoms with van der Waals surface area (Å²) in [5.41, 5.74) is 3.15. The Morgan fingerprint density at radius 2 is 1.77 bits per heavy atom. The first-order valence-electron chi connectivity index (χ1n) is 7.30. The van der Waals surface area contributed by atoms with Crippen LogP contribution in [-0.4, -0.2) is 50.0 Å². The van der Waals surface area contributed by atoms with Crippen LogP contribution in [0.3, 0.4) is 0 Å². The molecular formula is C15H22N4O3. The van der Waals surface area contributed by atoms with Gasteiger partial charge in [0.05, 0.1) is 7.11 Å². The van der Waals surface area contributed by atoms with Crippen LogP contribution in [-0.2, 0) is 9.59 Å². The molecule has 0 radical (unpaired) electrons. The summed E-state index contributed by atoms with van der Waals surface area (Å²) < 4.78 is 5.15. The number of amides is 2. The summed E-state index contributed by atoms with van der Waals surface area (Å²) in [6.45, 7) is 2.88. The molecule has 7 heteroatoms. The van der Waals surface area contributed by atoms with Crippen molar-refractivity contribution < 1.29 is 14.3 Å². The highest BCUT2D eigenvalue weighted by molar-refractivity contribution is 5.83. The van der Waals surface area contributed by atoms with E-state index < -0.39 is 0 Å². The van der Waals surface area contributed by atoms with Gasteiger partial charge in [0, 0.05) is 44.7 Å². The van der Waals surface area contributed by atoms with Crippen molar-refractivity contribution >= 4 is 17.5 Å². The van der Waals surface area contributed by atoms with Crippen LogP contribution in [0.2, 0.25) is 0 Å². The number of nitrogens with zero attached hydrogens (tertiary/aromatic N) is 2. The van der Waals surface area contributed by atoms with E-state index in [0.29, 0.717) is 13.1 Å². The van der Waals surface area contributed by atoms with E-state index in [-0.39, 0.29) is 24.7 Å². The van der Waals surface area contributed by atoms with E-state index in [0.717, 1.165) is 24.5 Å². The summed E-state index contributed by atoms with van der Waals surface area (Å²) in [7, 11) is 1.64. The van der Waals surface area contributed by atoms with Crippen molar-refractivity contribution in [3.8, 4) is 5.75 Å². The lowest BCUT2D eigenvalue weighted by Crippen LogP contribution is -2.49. The molecule has 1 aromatic rings. The predicted octanol–water partition coefficient (Wildman–Crippen LogP) is 0.114. The molecule has 0 aliphatic carbocycles. The van der Waals surface area contributed by atoms with E-state index in [4.69, 9.17) is 10.6 Å². The molecule has 1 fully saturated rings. The standard InChI is InChI=1S/C15H22N4O3/c1-22-13-4-2-12(3-5-13)18-8-10-19(11-9-18)15(21)7-6-14(20)17-16/h2-5H,6-11,16H2,1H3,(H,17,20). The highest BCUT2D eigenvalue weighted by Crippen LogP contribution is 2.20. The molecule has 2 rings (SSSR count). The monoisotopic (exact) mass is 306 g/mol. The number of piperazine rings is 1. The second-order valence-corrected chi connectivity index (χ2v) is 5.13. The minimum absolute atomic E-state index is 0.00187. The third-order valence-corrected chi connectivity index (χ3v) is 3.80. The maximum atomic E-state index is 12.0. The Hall–Kier alpha value is -2.28. The second kappa shape index (κ2) is 7.65. The van der Waals surface area contributed by atoms with Gasteiger partial charge in [0.1, 0.15) is 5.75 Å². The molecule has 0 saturated carbocycles. The van der Waals surface area contributed by atoms with Crippen molar-refractivity contribution in [1.29, 1.82) is 0 Å². The van der Waals surface area contributed by atoms with Crippen molar-refractivity contribution in [3.05, 3.63) is 24.3 Å². The topological polar surface area (TPSA) is 87.9 Å². The number of anilines is 1. The lowest BCUT2D eigenvalue weighted by molar-refractivity contribution is -0.133. The number of hydrogen-bond donors (Lipinski definition) is 2. The fourth-order valence-electron chi connectivity index (χ4n) is 2.46. The molecule has 2 amide bonds. The molecule has 22 heavy (non-hydrogen) atoms. The molecule has 3 N–H and O–H groups in total. The molecule has 1 saturated heterocycles. The van der Waals surface area contributed by atoms with Crippen LogP contribution in [0.5, 0.6) is 5.75 Å². The normalized spacial score (nSPS) is 14.6. The van der Waals surface area contributed by atoms with Gasteiger partial charge in [-0.3, -0.25) is 15.0 Å². The molecule has 0 atom stereocenters. The van der Waals surface area contributed by atoms with Crippen molar-refractivity contribution in [2.24, 2.45) is 5.84 Å². The van der Waals surface area contributed by atoms with Gasteiger partial charge in [-0.05, 0) is 24.3 Å². The lowest BCUT2D eigenvalue weighted by atomic mass is 10.2. The van der Waals surface area contributed by atoms with Gasteiger partial charge >= 0.3 is 0 Å². The number of nitrogens with two attached hydrogens (primary N) is 1. The minimum atomic E-state index is -0.315. The number of hydrogen-bond acceptors (Lipinski definition) is 5. The van der Waals surface area contributed by atoms with Gasteiger partial charge in [-0.15, -0.1) is 0 Å². The van der Waals surface area contributed by atoms with Crippen molar-refractivity contribution in [3.63, 3.8) is 0 Å². The number of hydrazine groups is 1. The summed E-state index contributed by atoms with van der Waals surface area (Å²) in [5.74, 6) is 5.51. The highest BCUT2D eigenvalue weighted by Gasteiger charge is 2.21. The number of rotatable bonds is 5. The molecule has 0 bridgehead atoms. The third-order valence-electron chi connectivity index (χ3n) is 3.80. The SMILES string of the molecule is COc1ccc(N2CCN(C(=O)CCC(=O)NN)CC2)cc1. The van der Waals surface area contributed by atoms with Gasteiger partial charge in [0.25, 0.3) is 0 Å². The van der Waals surface area contributed by atoms with Gasteiger partial charge in [0.15, 0.2) is 0 Å². The number of benzene rings is 1. The van der Waals surface area contributed by atoms with Crippen molar-refractivity contribution in [2.75, 3.05) is 38.2 Å². The summed E-state index contributed by atoms with van der Waals surface area (Å²) in [4.78, 5) is 27.1. The number of methoxy groups -OCH3 is 1. The van der Waals surface area contributed by atoms with Crippen molar-refractivity contribution in [2.45, 2.75) is 12.8 Å². The molecule has 1 aliphatic rings. The largest absolute Gasteiger partial charge is 0.497 e. The summed E-state index contributed by atoms with van der Waals surface area (Å²) in [6, 6.07) is 7.89.